The average molecular weight is 922 g/mol. The van der Waals surface area contributed by atoms with Crippen LogP contribution in [0, 0.1) is 15.5 Å². The van der Waals surface area contributed by atoms with Crippen molar-refractivity contribution in [3.63, 3.8) is 0 Å². The van der Waals surface area contributed by atoms with Crippen LogP contribution >= 0.6 is 11.6 Å². The molecule has 338 valence electrons. The Morgan fingerprint density at radius 3 is 2.59 bits per heavy atom. The van der Waals surface area contributed by atoms with Crippen LogP contribution in [0.3, 0.4) is 0 Å². The van der Waals surface area contributed by atoms with Gasteiger partial charge < -0.3 is 24.7 Å². The van der Waals surface area contributed by atoms with Gasteiger partial charge in [0.2, 0.25) is 0 Å². The van der Waals surface area contributed by atoms with Gasteiger partial charge in [0.1, 0.15) is 22.8 Å². The fraction of sp³-hybridized carbons (Fsp3) is 0.378. The highest BCUT2D eigenvalue weighted by Gasteiger charge is 2.34. The molecular formula is C45H47ClF3N7O7S. The van der Waals surface area contributed by atoms with E-state index >= 15 is 0 Å². The summed E-state index contributed by atoms with van der Waals surface area (Å²) >= 11 is 6.53. The number of nitrogens with one attached hydrogen (secondary N) is 3. The van der Waals surface area contributed by atoms with Crippen molar-refractivity contribution in [1.82, 2.24) is 19.6 Å². The fourth-order valence-electron chi connectivity index (χ4n) is 8.51. The number of piperazine rings is 1. The van der Waals surface area contributed by atoms with Crippen LogP contribution in [-0.2, 0) is 20.9 Å². The van der Waals surface area contributed by atoms with Crippen LogP contribution in [0.2, 0.25) is 5.02 Å². The number of ether oxygens (including phenoxy) is 2. The Hall–Kier alpha value is -5.69. The molecule has 3 N–H and O–H groups in total. The number of amides is 1. The minimum absolute atomic E-state index is 0.0472. The van der Waals surface area contributed by atoms with Crippen molar-refractivity contribution in [2.24, 2.45) is 5.41 Å². The van der Waals surface area contributed by atoms with Crippen molar-refractivity contribution < 1.29 is 40.8 Å². The Balaban J connectivity index is 1.02. The van der Waals surface area contributed by atoms with Gasteiger partial charge in [0, 0.05) is 79.8 Å². The minimum Gasteiger partial charge on any atom is -0.455 e. The number of alkyl halides is 3. The number of nitro benzene ring substituents is 1. The number of rotatable bonds is 12. The maximum Gasteiger partial charge on any atom is 0.416 e. The number of allylic oxidation sites excluding steroid dienone is 1. The van der Waals surface area contributed by atoms with Crippen LogP contribution in [0.15, 0.2) is 89.6 Å². The number of sulfonamides is 1. The number of aromatic amines is 1. The zero-order valence-corrected chi connectivity index (χ0v) is 36.7. The Labute approximate surface area is 373 Å². The van der Waals surface area contributed by atoms with E-state index in [0.717, 1.165) is 60.4 Å². The summed E-state index contributed by atoms with van der Waals surface area (Å²) in [6.45, 7) is 8.37. The first kappa shape index (κ1) is 44.9. The van der Waals surface area contributed by atoms with Crippen LogP contribution < -0.4 is 19.7 Å². The van der Waals surface area contributed by atoms with Gasteiger partial charge in [-0.3, -0.25) is 19.8 Å². The highest BCUT2D eigenvalue weighted by Crippen LogP contribution is 2.46. The van der Waals surface area contributed by atoms with Crippen molar-refractivity contribution in [2.75, 3.05) is 56.2 Å². The molecule has 19 heteroatoms. The van der Waals surface area contributed by atoms with Crippen molar-refractivity contribution in [3.8, 4) is 11.5 Å². The number of nitrogens with zero attached hydrogens (tertiary/aromatic N) is 4. The number of carbonyl (C=O) groups excluding carboxylic acids is 1. The summed E-state index contributed by atoms with van der Waals surface area (Å²) in [5.41, 5.74) is 2.83. The molecule has 0 radical (unpaired) electrons. The zero-order chi connectivity index (χ0) is 45.4. The van der Waals surface area contributed by atoms with E-state index < -0.39 is 43.2 Å². The van der Waals surface area contributed by atoms with E-state index in [1.165, 1.54) is 30.5 Å². The molecule has 0 bridgehead atoms. The molecule has 1 amide bonds. The number of benzene rings is 3. The standard InChI is InChI=1S/C45H47ClF3N7O7S/c1-44(2)13-11-29(37(24-44)35-8-5-30(21-38(35)46)45(47,48)49)26-54-15-17-55(18-16-54)32-6-9-36(41(22-32)63-33-20-28-12-14-50-42(28)51-25-33)43(57)53-64(60,61)34-7-10-39(40(23-34)56(58)59)52-31-4-3-19-62-27-31/h5-10,12,14,20-23,25,31,52H,3-4,11,13,15-19,24,26-27H2,1-2H3,(H,50,51)(H,53,57). The highest BCUT2D eigenvalue weighted by molar-refractivity contribution is 7.90. The molecule has 4 heterocycles. The lowest BCUT2D eigenvalue weighted by atomic mass is 9.72. The monoisotopic (exact) mass is 921 g/mol. The molecule has 2 fully saturated rings. The molecule has 2 aliphatic heterocycles. The Morgan fingerprint density at radius 2 is 1.88 bits per heavy atom. The van der Waals surface area contributed by atoms with E-state index in [1.54, 1.807) is 30.5 Å². The van der Waals surface area contributed by atoms with Crippen molar-refractivity contribution in [3.05, 3.63) is 117 Å². The number of carbonyl (C=O) groups is 1. The summed E-state index contributed by atoms with van der Waals surface area (Å²) < 4.78 is 81.5. The summed E-state index contributed by atoms with van der Waals surface area (Å²) in [4.78, 5) is 36.6. The average Bonchev–Trinajstić information content (AvgIpc) is 3.72. The van der Waals surface area contributed by atoms with Gasteiger partial charge in [-0.05, 0) is 97.2 Å². The third-order valence-electron chi connectivity index (χ3n) is 12.0. The second-order valence-corrected chi connectivity index (χ2v) is 19.3. The summed E-state index contributed by atoms with van der Waals surface area (Å²) in [6.07, 6.45) is 2.61. The number of nitro groups is 1. The number of aromatic nitrogens is 2. The van der Waals surface area contributed by atoms with E-state index in [2.05, 4.69) is 43.7 Å². The maximum absolute atomic E-state index is 13.9. The van der Waals surface area contributed by atoms with Gasteiger partial charge in [0.15, 0.2) is 0 Å². The molecule has 1 aliphatic carbocycles. The van der Waals surface area contributed by atoms with E-state index in [9.17, 15) is 36.5 Å². The zero-order valence-electron chi connectivity index (χ0n) is 35.1. The molecule has 8 rings (SSSR count). The summed E-state index contributed by atoms with van der Waals surface area (Å²) in [5.74, 6) is -0.669. The van der Waals surface area contributed by atoms with Gasteiger partial charge >= 0.3 is 6.18 Å². The first-order valence-electron chi connectivity index (χ1n) is 20.9. The third kappa shape index (κ3) is 10.1. The van der Waals surface area contributed by atoms with Gasteiger partial charge in [-0.25, -0.2) is 18.1 Å². The number of pyridine rings is 1. The van der Waals surface area contributed by atoms with Crippen molar-refractivity contribution in [2.45, 2.75) is 63.1 Å². The second kappa shape index (κ2) is 18.1. The predicted octanol–water partition coefficient (Wildman–Crippen LogP) is 9.43. The summed E-state index contributed by atoms with van der Waals surface area (Å²) in [6, 6.07) is 15.2. The maximum atomic E-state index is 13.9. The van der Waals surface area contributed by atoms with Gasteiger partial charge in [0.25, 0.3) is 21.6 Å². The Morgan fingerprint density at radius 1 is 1.08 bits per heavy atom. The first-order chi connectivity index (χ1) is 30.4. The molecular weight excluding hydrogens is 875 g/mol. The molecule has 3 aromatic carbocycles. The molecule has 2 aromatic heterocycles. The van der Waals surface area contributed by atoms with Crippen molar-refractivity contribution in [1.29, 1.82) is 0 Å². The van der Waals surface area contributed by atoms with Crippen molar-refractivity contribution >= 4 is 61.2 Å². The Bertz CT molecular complexity index is 2730. The first-order valence-corrected chi connectivity index (χ1v) is 22.8. The molecule has 14 nitrogen and oxygen atoms in total. The van der Waals surface area contributed by atoms with E-state index in [-0.39, 0.29) is 33.5 Å². The lowest BCUT2D eigenvalue weighted by Gasteiger charge is -2.39. The van der Waals surface area contributed by atoms with Gasteiger partial charge in [-0.15, -0.1) is 0 Å². The normalized spacial score (nSPS) is 18.5. The van der Waals surface area contributed by atoms with Gasteiger partial charge in [0.05, 0.1) is 33.7 Å². The molecule has 1 unspecified atom stereocenters. The van der Waals surface area contributed by atoms with Gasteiger partial charge in [-0.2, -0.15) is 13.2 Å². The topological polar surface area (TPSA) is 172 Å². The molecule has 64 heavy (non-hydrogen) atoms. The summed E-state index contributed by atoms with van der Waals surface area (Å²) in [7, 11) is -4.61. The quantitative estimate of drug-likeness (QED) is 0.0804. The highest BCUT2D eigenvalue weighted by atomic mass is 35.5. The smallest absolute Gasteiger partial charge is 0.416 e. The SMILES string of the molecule is CC1(C)CCC(CN2CCN(c3ccc(C(=O)NS(=O)(=O)c4ccc(NC5CCCOC5)c([N+](=O)[O-])c4)c(Oc4cnc5[nH]ccc5c4)c3)CC2)=C(c2ccc(C(F)(F)F)cc2Cl)C1. The molecule has 5 aromatic rings. The molecule has 0 spiro atoms. The largest absolute Gasteiger partial charge is 0.455 e. The number of fused-ring (bicyclic) bond motifs is 1. The summed E-state index contributed by atoms with van der Waals surface area (Å²) in [5, 5.41) is 16.0. The Kier molecular flexibility index (Phi) is 12.7. The van der Waals surface area contributed by atoms with E-state index in [4.69, 9.17) is 21.1 Å². The molecule has 0 saturated carbocycles. The molecule has 3 aliphatic rings. The van der Waals surface area contributed by atoms with Crippen LogP contribution in [0.1, 0.15) is 67.4 Å². The number of H-pyrrole nitrogens is 1. The number of hydrogen-bond donors (Lipinski definition) is 3. The number of anilines is 2. The van der Waals surface area contributed by atoms with Crippen LogP contribution in [0.5, 0.6) is 11.5 Å². The lowest BCUT2D eigenvalue weighted by Crippen LogP contribution is -2.47. The lowest BCUT2D eigenvalue weighted by molar-refractivity contribution is -0.384. The molecule has 2 saturated heterocycles. The molecule has 1 atom stereocenters. The van der Waals surface area contributed by atoms with E-state index in [0.29, 0.717) is 75.0 Å². The predicted molar refractivity (Wildman–Crippen MR) is 237 cm³/mol. The fourth-order valence-corrected chi connectivity index (χ4v) is 9.79. The number of halogens is 4. The van der Waals surface area contributed by atoms with Gasteiger partial charge in [-0.1, -0.05) is 37.1 Å². The third-order valence-corrected chi connectivity index (χ3v) is 13.6. The van der Waals surface area contributed by atoms with Crippen LogP contribution in [-0.4, -0.2) is 86.1 Å². The second-order valence-electron chi connectivity index (χ2n) is 17.2. The van der Waals surface area contributed by atoms with E-state index in [1.807, 2.05) is 0 Å². The minimum atomic E-state index is -4.61. The number of hydrogen-bond acceptors (Lipinski definition) is 11. The van der Waals surface area contributed by atoms with Crippen LogP contribution in [0.25, 0.3) is 16.6 Å². The van der Waals surface area contributed by atoms with Crippen LogP contribution in [0.4, 0.5) is 30.2 Å².